The lowest BCUT2D eigenvalue weighted by molar-refractivity contribution is -0.166. The van der Waals surface area contributed by atoms with E-state index in [1.807, 2.05) is 0 Å². The number of nitrogens with zero attached hydrogens (tertiary/aromatic N) is 2. The van der Waals surface area contributed by atoms with Gasteiger partial charge in [0.05, 0.1) is 0 Å². The average Bonchev–Trinajstić information content (AvgIpc) is 2.04. The molecule has 0 radical (unpaired) electrons. The summed E-state index contributed by atoms with van der Waals surface area (Å²) in [5.74, 6) is -6.06. The Morgan fingerprint density at radius 1 is 1.62 bits per heavy atom. The van der Waals surface area contributed by atoms with Crippen LogP contribution in [0.1, 0.15) is 11.5 Å². The standard InChI is InChI=1S/C7H6F2N2O2/c1-4-10-3-2-5(11-4)7(8,9)6(12)13/h2-3H,1H3,(H,12,13). The summed E-state index contributed by atoms with van der Waals surface area (Å²) in [7, 11) is 0. The number of aliphatic carboxylic acids is 1. The molecule has 0 bridgehead atoms. The smallest absolute Gasteiger partial charge is 0.384 e. The van der Waals surface area contributed by atoms with Gasteiger partial charge in [-0.15, -0.1) is 0 Å². The third-order valence-electron chi connectivity index (χ3n) is 1.37. The summed E-state index contributed by atoms with van der Waals surface area (Å²) in [5, 5.41) is 8.18. The van der Waals surface area contributed by atoms with E-state index in [2.05, 4.69) is 9.97 Å². The minimum Gasteiger partial charge on any atom is -0.476 e. The summed E-state index contributed by atoms with van der Waals surface area (Å²) in [6.07, 6.45) is 1.09. The number of carboxylic acids is 1. The highest BCUT2D eigenvalue weighted by Gasteiger charge is 2.42. The highest BCUT2D eigenvalue weighted by atomic mass is 19.3. The maximum atomic E-state index is 12.8. The van der Waals surface area contributed by atoms with Gasteiger partial charge in [-0.05, 0) is 13.0 Å². The molecule has 1 heterocycles. The van der Waals surface area contributed by atoms with E-state index in [4.69, 9.17) is 5.11 Å². The van der Waals surface area contributed by atoms with Crippen LogP contribution in [-0.4, -0.2) is 21.0 Å². The van der Waals surface area contributed by atoms with E-state index in [0.717, 1.165) is 12.3 Å². The van der Waals surface area contributed by atoms with Gasteiger partial charge < -0.3 is 5.11 Å². The minimum atomic E-state index is -3.95. The summed E-state index contributed by atoms with van der Waals surface area (Å²) >= 11 is 0. The van der Waals surface area contributed by atoms with Gasteiger partial charge in [-0.1, -0.05) is 0 Å². The molecule has 1 aromatic rings. The topological polar surface area (TPSA) is 63.1 Å². The lowest BCUT2D eigenvalue weighted by Gasteiger charge is -2.09. The van der Waals surface area contributed by atoms with Crippen LogP contribution in [0.3, 0.4) is 0 Å². The van der Waals surface area contributed by atoms with Gasteiger partial charge in [0.25, 0.3) is 0 Å². The fourth-order valence-electron chi connectivity index (χ4n) is 0.741. The molecule has 0 saturated carbocycles. The second-order valence-electron chi connectivity index (χ2n) is 2.37. The number of aromatic nitrogens is 2. The van der Waals surface area contributed by atoms with Crippen LogP contribution < -0.4 is 0 Å². The number of hydrogen-bond donors (Lipinski definition) is 1. The average molecular weight is 188 g/mol. The Balaban J connectivity index is 3.14. The van der Waals surface area contributed by atoms with Gasteiger partial charge in [0.1, 0.15) is 11.5 Å². The lowest BCUT2D eigenvalue weighted by atomic mass is 10.2. The van der Waals surface area contributed by atoms with Gasteiger partial charge in [0, 0.05) is 6.20 Å². The SMILES string of the molecule is Cc1nccc(C(F)(F)C(=O)O)n1. The third-order valence-corrected chi connectivity index (χ3v) is 1.37. The first-order valence-electron chi connectivity index (χ1n) is 3.36. The highest BCUT2D eigenvalue weighted by molar-refractivity contribution is 5.76. The number of carbonyl (C=O) groups is 1. The zero-order chi connectivity index (χ0) is 10.1. The van der Waals surface area contributed by atoms with Crippen molar-refractivity contribution in [1.82, 2.24) is 9.97 Å². The van der Waals surface area contributed by atoms with Crippen LogP contribution in [0.2, 0.25) is 0 Å². The molecule has 0 atom stereocenters. The predicted molar refractivity (Wildman–Crippen MR) is 38.3 cm³/mol. The van der Waals surface area contributed by atoms with Gasteiger partial charge in [0.2, 0.25) is 0 Å². The van der Waals surface area contributed by atoms with E-state index in [-0.39, 0.29) is 5.82 Å². The van der Waals surface area contributed by atoms with Gasteiger partial charge in [-0.2, -0.15) is 8.78 Å². The van der Waals surface area contributed by atoms with E-state index in [1.165, 1.54) is 6.92 Å². The van der Waals surface area contributed by atoms with Crippen LogP contribution in [0.5, 0.6) is 0 Å². The quantitative estimate of drug-likeness (QED) is 0.750. The molecule has 0 aliphatic rings. The first kappa shape index (κ1) is 9.50. The lowest BCUT2D eigenvalue weighted by Crippen LogP contribution is -2.26. The Morgan fingerprint density at radius 2 is 2.23 bits per heavy atom. The summed E-state index contributed by atoms with van der Waals surface area (Å²) in [6, 6.07) is 0.876. The van der Waals surface area contributed by atoms with Crippen LogP contribution in [-0.2, 0) is 10.7 Å². The molecule has 0 amide bonds. The molecule has 1 N–H and O–H groups in total. The monoisotopic (exact) mass is 188 g/mol. The van der Waals surface area contributed by atoms with Crippen molar-refractivity contribution in [3.05, 3.63) is 23.8 Å². The highest BCUT2D eigenvalue weighted by Crippen LogP contribution is 2.25. The number of rotatable bonds is 2. The Bertz CT molecular complexity index is 341. The number of halogens is 2. The number of aryl methyl sites for hydroxylation is 1. The maximum Gasteiger partial charge on any atom is 0.384 e. The first-order valence-corrected chi connectivity index (χ1v) is 3.36. The molecule has 0 saturated heterocycles. The molecular weight excluding hydrogens is 182 g/mol. The zero-order valence-corrected chi connectivity index (χ0v) is 6.66. The molecule has 0 unspecified atom stereocenters. The number of carboxylic acid groups (broad SMARTS) is 1. The number of hydrogen-bond acceptors (Lipinski definition) is 3. The van der Waals surface area contributed by atoms with Gasteiger partial charge in [-0.25, -0.2) is 14.8 Å². The van der Waals surface area contributed by atoms with Crippen molar-refractivity contribution in [2.75, 3.05) is 0 Å². The van der Waals surface area contributed by atoms with E-state index in [0.29, 0.717) is 0 Å². The predicted octanol–water partition coefficient (Wildman–Crippen LogP) is 0.961. The van der Waals surface area contributed by atoms with Crippen molar-refractivity contribution in [3.63, 3.8) is 0 Å². The van der Waals surface area contributed by atoms with Crippen molar-refractivity contribution in [3.8, 4) is 0 Å². The summed E-state index contributed by atoms with van der Waals surface area (Å²) in [6.45, 7) is 1.40. The van der Waals surface area contributed by atoms with E-state index < -0.39 is 17.6 Å². The third kappa shape index (κ3) is 1.77. The molecule has 1 aromatic heterocycles. The van der Waals surface area contributed by atoms with Crippen LogP contribution in [0.4, 0.5) is 8.78 Å². The van der Waals surface area contributed by atoms with Crippen molar-refractivity contribution < 1.29 is 18.7 Å². The molecule has 70 valence electrons. The zero-order valence-electron chi connectivity index (χ0n) is 6.66. The minimum absolute atomic E-state index is 0.110. The molecule has 0 aromatic carbocycles. The first-order chi connectivity index (χ1) is 5.94. The van der Waals surface area contributed by atoms with Crippen LogP contribution >= 0.6 is 0 Å². The molecule has 6 heteroatoms. The van der Waals surface area contributed by atoms with Crippen molar-refractivity contribution in [1.29, 1.82) is 0 Å². The molecule has 1 rings (SSSR count). The summed E-state index contributed by atoms with van der Waals surface area (Å²) in [4.78, 5) is 17.0. The summed E-state index contributed by atoms with van der Waals surface area (Å²) < 4.78 is 25.5. The molecule has 0 fully saturated rings. The Kier molecular flexibility index (Phi) is 2.22. The van der Waals surface area contributed by atoms with E-state index in [1.54, 1.807) is 0 Å². The molecule has 13 heavy (non-hydrogen) atoms. The Hall–Kier alpha value is -1.59. The second-order valence-corrected chi connectivity index (χ2v) is 2.37. The normalized spacial score (nSPS) is 11.3. The Morgan fingerprint density at radius 3 is 2.69 bits per heavy atom. The molecule has 4 nitrogen and oxygen atoms in total. The maximum absolute atomic E-state index is 12.8. The molecule has 0 aliphatic carbocycles. The molecule has 0 spiro atoms. The van der Waals surface area contributed by atoms with Gasteiger partial charge in [-0.3, -0.25) is 0 Å². The van der Waals surface area contributed by atoms with Crippen molar-refractivity contribution in [2.45, 2.75) is 12.8 Å². The van der Waals surface area contributed by atoms with Crippen molar-refractivity contribution in [2.24, 2.45) is 0 Å². The largest absolute Gasteiger partial charge is 0.476 e. The van der Waals surface area contributed by atoms with E-state index in [9.17, 15) is 13.6 Å². The second kappa shape index (κ2) is 3.04. The fourth-order valence-corrected chi connectivity index (χ4v) is 0.741. The van der Waals surface area contributed by atoms with Crippen molar-refractivity contribution >= 4 is 5.97 Å². The number of alkyl halides is 2. The molecule has 0 aliphatic heterocycles. The van der Waals surface area contributed by atoms with E-state index >= 15 is 0 Å². The van der Waals surface area contributed by atoms with Crippen LogP contribution in [0.25, 0.3) is 0 Å². The Labute approximate surface area is 72.3 Å². The van der Waals surface area contributed by atoms with Gasteiger partial charge >= 0.3 is 11.9 Å². The summed E-state index contributed by atoms with van der Waals surface area (Å²) in [5.41, 5.74) is -0.799. The van der Waals surface area contributed by atoms with Gasteiger partial charge in [0.15, 0.2) is 0 Å². The van der Waals surface area contributed by atoms with Crippen LogP contribution in [0, 0.1) is 6.92 Å². The van der Waals surface area contributed by atoms with Crippen LogP contribution in [0.15, 0.2) is 12.3 Å². The molecular formula is C7H6F2N2O2. The fraction of sp³-hybridized carbons (Fsp3) is 0.286.